The first-order chi connectivity index (χ1) is 9.00. The molecule has 0 fully saturated rings. The van der Waals surface area contributed by atoms with E-state index in [1.54, 1.807) is 4.68 Å². The normalized spacial score (nSPS) is 10.4. The molecular weight excluding hydrogens is 242 g/mol. The van der Waals surface area contributed by atoms with E-state index < -0.39 is 5.97 Å². The number of aromatic carboxylic acids is 1. The first kappa shape index (κ1) is 13.0. The predicted octanol–water partition coefficient (Wildman–Crippen LogP) is 2.53. The van der Waals surface area contributed by atoms with Gasteiger partial charge in [-0.2, -0.15) is 0 Å². The van der Waals surface area contributed by atoms with E-state index in [2.05, 4.69) is 16.9 Å². The monoisotopic (exact) mass is 257 g/mol. The molecule has 0 saturated heterocycles. The third kappa shape index (κ3) is 2.54. The van der Waals surface area contributed by atoms with E-state index in [9.17, 15) is 9.90 Å². The Bertz CT molecular complexity index is 644. The minimum Gasteiger partial charge on any atom is -0.476 e. The average molecular weight is 257 g/mol. The first-order valence-corrected chi connectivity index (χ1v) is 5.88. The first-order valence-electron chi connectivity index (χ1n) is 5.88. The lowest BCUT2D eigenvalue weighted by Crippen LogP contribution is -2.06. The van der Waals surface area contributed by atoms with E-state index in [1.807, 2.05) is 38.1 Å². The maximum atomic E-state index is 11.3. The Labute approximate surface area is 111 Å². The standard InChI is InChI=1S/C14H15N3O2/c1-9(2)8-17-13(12(14(18)19)15-16-17)11-7-5-4-6-10(11)3/h4-7H,1,8H2,2-3H3,(H,18,19). The van der Waals surface area contributed by atoms with Gasteiger partial charge in [0.2, 0.25) is 0 Å². The van der Waals surface area contributed by atoms with Crippen molar-refractivity contribution in [2.45, 2.75) is 20.4 Å². The smallest absolute Gasteiger partial charge is 0.358 e. The van der Waals surface area contributed by atoms with Crippen LogP contribution >= 0.6 is 0 Å². The molecule has 1 heterocycles. The second-order valence-corrected chi connectivity index (χ2v) is 4.52. The van der Waals surface area contributed by atoms with Gasteiger partial charge in [0, 0.05) is 5.56 Å². The van der Waals surface area contributed by atoms with Crippen LogP contribution in [0.15, 0.2) is 36.4 Å². The number of carbonyl (C=O) groups is 1. The highest BCUT2D eigenvalue weighted by molar-refractivity contribution is 5.93. The Hall–Kier alpha value is -2.43. The van der Waals surface area contributed by atoms with E-state index in [1.165, 1.54) is 0 Å². The lowest BCUT2D eigenvalue weighted by molar-refractivity contribution is 0.0691. The van der Waals surface area contributed by atoms with Crippen LogP contribution in [0.1, 0.15) is 23.0 Å². The molecular formula is C14H15N3O2. The van der Waals surface area contributed by atoms with Crippen molar-refractivity contribution >= 4 is 5.97 Å². The van der Waals surface area contributed by atoms with Crippen LogP contribution < -0.4 is 0 Å². The molecule has 0 atom stereocenters. The van der Waals surface area contributed by atoms with Crippen LogP contribution in [0.5, 0.6) is 0 Å². The zero-order valence-corrected chi connectivity index (χ0v) is 10.9. The Kier molecular flexibility index (Phi) is 3.46. The zero-order valence-electron chi connectivity index (χ0n) is 10.9. The summed E-state index contributed by atoms with van der Waals surface area (Å²) in [6.45, 7) is 8.07. The van der Waals surface area contributed by atoms with Crippen molar-refractivity contribution in [1.82, 2.24) is 15.0 Å². The van der Waals surface area contributed by atoms with Crippen molar-refractivity contribution in [2.75, 3.05) is 0 Å². The van der Waals surface area contributed by atoms with Gasteiger partial charge < -0.3 is 5.11 Å². The van der Waals surface area contributed by atoms with Gasteiger partial charge in [0.1, 0.15) is 5.69 Å². The van der Waals surface area contributed by atoms with Crippen LogP contribution in [0, 0.1) is 6.92 Å². The fourth-order valence-corrected chi connectivity index (χ4v) is 1.93. The highest BCUT2D eigenvalue weighted by atomic mass is 16.4. The Morgan fingerprint density at radius 3 is 2.68 bits per heavy atom. The van der Waals surface area contributed by atoms with E-state index in [0.29, 0.717) is 12.2 Å². The highest BCUT2D eigenvalue weighted by Crippen LogP contribution is 2.26. The van der Waals surface area contributed by atoms with Crippen molar-refractivity contribution < 1.29 is 9.90 Å². The van der Waals surface area contributed by atoms with Crippen LogP contribution in [-0.2, 0) is 6.54 Å². The van der Waals surface area contributed by atoms with Crippen molar-refractivity contribution in [3.63, 3.8) is 0 Å². The van der Waals surface area contributed by atoms with Gasteiger partial charge in [0.15, 0.2) is 5.69 Å². The van der Waals surface area contributed by atoms with E-state index >= 15 is 0 Å². The molecule has 0 saturated carbocycles. The molecule has 5 heteroatoms. The van der Waals surface area contributed by atoms with Gasteiger partial charge in [-0.25, -0.2) is 9.48 Å². The number of nitrogens with zero attached hydrogens (tertiary/aromatic N) is 3. The number of hydrogen-bond donors (Lipinski definition) is 1. The number of rotatable bonds is 4. The Balaban J connectivity index is 2.65. The molecule has 0 aliphatic rings. The third-order valence-electron chi connectivity index (χ3n) is 2.76. The second kappa shape index (κ2) is 5.06. The molecule has 0 radical (unpaired) electrons. The van der Waals surface area contributed by atoms with Gasteiger partial charge in [-0.15, -0.1) is 5.10 Å². The molecule has 0 spiro atoms. The molecule has 1 aromatic heterocycles. The van der Waals surface area contributed by atoms with Crippen molar-refractivity contribution in [1.29, 1.82) is 0 Å². The van der Waals surface area contributed by atoms with Gasteiger partial charge in [0.25, 0.3) is 0 Å². The predicted molar refractivity (Wildman–Crippen MR) is 72.0 cm³/mol. The van der Waals surface area contributed by atoms with E-state index in [-0.39, 0.29) is 5.69 Å². The number of carboxylic acid groups (broad SMARTS) is 1. The molecule has 0 aliphatic heterocycles. The van der Waals surface area contributed by atoms with Crippen LogP contribution in [-0.4, -0.2) is 26.1 Å². The summed E-state index contributed by atoms with van der Waals surface area (Å²) in [4.78, 5) is 11.3. The summed E-state index contributed by atoms with van der Waals surface area (Å²) in [5.41, 5.74) is 3.18. The summed E-state index contributed by atoms with van der Waals surface area (Å²) in [6, 6.07) is 7.58. The summed E-state index contributed by atoms with van der Waals surface area (Å²) in [6.07, 6.45) is 0. The minimum atomic E-state index is -1.08. The van der Waals surface area contributed by atoms with Crippen molar-refractivity contribution in [3.05, 3.63) is 47.7 Å². The number of aryl methyl sites for hydroxylation is 1. The summed E-state index contributed by atoms with van der Waals surface area (Å²) in [7, 11) is 0. The van der Waals surface area contributed by atoms with Crippen molar-refractivity contribution in [3.8, 4) is 11.3 Å². The molecule has 98 valence electrons. The molecule has 19 heavy (non-hydrogen) atoms. The van der Waals surface area contributed by atoms with E-state index in [4.69, 9.17) is 0 Å². The lowest BCUT2D eigenvalue weighted by Gasteiger charge is -2.09. The van der Waals surface area contributed by atoms with Crippen LogP contribution in [0.4, 0.5) is 0 Å². The largest absolute Gasteiger partial charge is 0.476 e. The van der Waals surface area contributed by atoms with E-state index in [0.717, 1.165) is 16.7 Å². The minimum absolute atomic E-state index is 0.0319. The van der Waals surface area contributed by atoms with Gasteiger partial charge in [-0.1, -0.05) is 41.6 Å². The molecule has 2 aromatic rings. The summed E-state index contributed by atoms with van der Waals surface area (Å²) in [5, 5.41) is 16.9. The number of benzene rings is 1. The number of hydrogen-bond acceptors (Lipinski definition) is 3. The Morgan fingerprint density at radius 2 is 2.11 bits per heavy atom. The lowest BCUT2D eigenvalue weighted by atomic mass is 10.0. The summed E-state index contributed by atoms with van der Waals surface area (Å²) >= 11 is 0. The zero-order chi connectivity index (χ0) is 14.0. The average Bonchev–Trinajstić information content (AvgIpc) is 2.72. The maximum Gasteiger partial charge on any atom is 0.358 e. The topological polar surface area (TPSA) is 68.0 Å². The van der Waals surface area contributed by atoms with Crippen LogP contribution in [0.2, 0.25) is 0 Å². The van der Waals surface area contributed by atoms with Gasteiger partial charge >= 0.3 is 5.97 Å². The summed E-state index contributed by atoms with van der Waals surface area (Å²) in [5.74, 6) is -1.08. The van der Waals surface area contributed by atoms with Gasteiger partial charge in [0.05, 0.1) is 6.54 Å². The van der Waals surface area contributed by atoms with Crippen LogP contribution in [0.3, 0.4) is 0 Å². The third-order valence-corrected chi connectivity index (χ3v) is 2.76. The highest BCUT2D eigenvalue weighted by Gasteiger charge is 2.21. The molecule has 0 bridgehead atoms. The summed E-state index contributed by atoms with van der Waals surface area (Å²) < 4.78 is 1.58. The number of carboxylic acids is 1. The Morgan fingerprint density at radius 1 is 1.42 bits per heavy atom. The maximum absolute atomic E-state index is 11.3. The fraction of sp³-hybridized carbons (Fsp3) is 0.214. The second-order valence-electron chi connectivity index (χ2n) is 4.52. The van der Waals surface area contributed by atoms with Gasteiger partial charge in [-0.05, 0) is 19.4 Å². The number of allylic oxidation sites excluding steroid dienone is 1. The molecule has 0 amide bonds. The quantitative estimate of drug-likeness (QED) is 0.854. The number of aromatic nitrogens is 3. The fourth-order valence-electron chi connectivity index (χ4n) is 1.93. The molecule has 1 N–H and O–H groups in total. The SMILES string of the molecule is C=C(C)Cn1nnc(C(=O)O)c1-c1ccccc1C. The molecule has 2 rings (SSSR count). The van der Waals surface area contributed by atoms with Crippen molar-refractivity contribution in [2.24, 2.45) is 0 Å². The van der Waals surface area contributed by atoms with Crippen LogP contribution in [0.25, 0.3) is 11.3 Å². The molecule has 1 aromatic carbocycles. The molecule has 0 aliphatic carbocycles. The molecule has 5 nitrogen and oxygen atoms in total. The molecule has 0 unspecified atom stereocenters. The van der Waals surface area contributed by atoms with Gasteiger partial charge in [-0.3, -0.25) is 0 Å².